The summed E-state index contributed by atoms with van der Waals surface area (Å²) in [6.07, 6.45) is 3.32. The highest BCUT2D eigenvalue weighted by Crippen LogP contribution is 2.15. The number of rotatable bonds is 8. The maximum atomic E-state index is 11.4. The van der Waals surface area contributed by atoms with Gasteiger partial charge in [0.2, 0.25) is 5.91 Å². The first-order valence-electron chi connectivity index (χ1n) is 6.42. The molecule has 0 saturated heterocycles. The molecule has 100 valence electrons. The highest BCUT2D eigenvalue weighted by atomic mass is 16.5. The SMILES string of the molecule is CCC[C@@H](C)C[C@@H](CC(=O)OCC)NC(C)=O. The van der Waals surface area contributed by atoms with E-state index in [9.17, 15) is 9.59 Å². The summed E-state index contributed by atoms with van der Waals surface area (Å²) in [5, 5.41) is 2.82. The van der Waals surface area contributed by atoms with Crippen LogP contribution in [0, 0.1) is 5.92 Å². The number of nitrogens with one attached hydrogen (secondary N) is 1. The zero-order valence-electron chi connectivity index (χ0n) is 11.4. The first-order valence-corrected chi connectivity index (χ1v) is 6.42. The van der Waals surface area contributed by atoms with Crippen molar-refractivity contribution < 1.29 is 14.3 Å². The number of amides is 1. The topological polar surface area (TPSA) is 55.4 Å². The van der Waals surface area contributed by atoms with Gasteiger partial charge in [-0.3, -0.25) is 9.59 Å². The van der Waals surface area contributed by atoms with E-state index in [4.69, 9.17) is 4.74 Å². The van der Waals surface area contributed by atoms with Crippen LogP contribution in [0.4, 0.5) is 0 Å². The minimum absolute atomic E-state index is 0.0944. The molecule has 0 unspecified atom stereocenters. The van der Waals surface area contributed by atoms with Gasteiger partial charge in [0, 0.05) is 13.0 Å². The zero-order valence-corrected chi connectivity index (χ0v) is 11.4. The van der Waals surface area contributed by atoms with Crippen molar-refractivity contribution in [2.24, 2.45) is 5.92 Å². The first-order chi connectivity index (χ1) is 7.99. The van der Waals surface area contributed by atoms with Crippen LogP contribution >= 0.6 is 0 Å². The van der Waals surface area contributed by atoms with E-state index in [0.29, 0.717) is 12.5 Å². The molecule has 0 saturated carbocycles. The molecule has 0 radical (unpaired) electrons. The van der Waals surface area contributed by atoms with E-state index in [0.717, 1.165) is 19.3 Å². The Balaban J connectivity index is 4.22. The minimum Gasteiger partial charge on any atom is -0.466 e. The lowest BCUT2D eigenvalue weighted by atomic mass is 9.95. The van der Waals surface area contributed by atoms with E-state index in [1.807, 2.05) is 0 Å². The van der Waals surface area contributed by atoms with Gasteiger partial charge in [-0.05, 0) is 19.3 Å². The quantitative estimate of drug-likeness (QED) is 0.665. The molecule has 4 heteroatoms. The van der Waals surface area contributed by atoms with Crippen LogP contribution in [0.1, 0.15) is 53.4 Å². The molecule has 0 bridgehead atoms. The molecule has 0 aliphatic heterocycles. The van der Waals surface area contributed by atoms with Gasteiger partial charge < -0.3 is 10.1 Å². The van der Waals surface area contributed by atoms with E-state index >= 15 is 0 Å². The third-order valence-corrected chi connectivity index (χ3v) is 2.59. The molecule has 0 fully saturated rings. The monoisotopic (exact) mass is 243 g/mol. The van der Waals surface area contributed by atoms with Gasteiger partial charge in [0.15, 0.2) is 0 Å². The number of carbonyl (C=O) groups excluding carboxylic acids is 2. The second kappa shape index (κ2) is 9.02. The van der Waals surface area contributed by atoms with Gasteiger partial charge in [0.1, 0.15) is 0 Å². The van der Waals surface area contributed by atoms with Crippen LogP contribution in [-0.4, -0.2) is 24.5 Å². The van der Waals surface area contributed by atoms with Gasteiger partial charge in [0.25, 0.3) is 0 Å². The molecule has 1 amide bonds. The van der Waals surface area contributed by atoms with Crippen molar-refractivity contribution in [1.82, 2.24) is 5.32 Å². The molecule has 0 aromatic rings. The Morgan fingerprint density at radius 2 is 1.94 bits per heavy atom. The number of carbonyl (C=O) groups is 2. The molecule has 0 spiro atoms. The van der Waals surface area contributed by atoms with Crippen LogP contribution in [-0.2, 0) is 14.3 Å². The maximum Gasteiger partial charge on any atom is 0.307 e. The van der Waals surface area contributed by atoms with Crippen molar-refractivity contribution in [2.75, 3.05) is 6.61 Å². The van der Waals surface area contributed by atoms with E-state index in [2.05, 4.69) is 19.2 Å². The predicted molar refractivity (Wildman–Crippen MR) is 67.5 cm³/mol. The zero-order chi connectivity index (χ0) is 13.3. The molecule has 2 atom stereocenters. The van der Waals surface area contributed by atoms with Crippen molar-refractivity contribution in [3.05, 3.63) is 0 Å². The molecule has 0 aromatic carbocycles. The Kier molecular flexibility index (Phi) is 8.46. The van der Waals surface area contributed by atoms with Gasteiger partial charge in [-0.1, -0.05) is 26.7 Å². The first kappa shape index (κ1) is 15.9. The molecule has 0 aliphatic rings. The summed E-state index contributed by atoms with van der Waals surface area (Å²) in [4.78, 5) is 22.5. The summed E-state index contributed by atoms with van der Waals surface area (Å²) >= 11 is 0. The van der Waals surface area contributed by atoms with E-state index < -0.39 is 0 Å². The van der Waals surface area contributed by atoms with Gasteiger partial charge in [-0.2, -0.15) is 0 Å². The molecule has 0 heterocycles. The summed E-state index contributed by atoms with van der Waals surface area (Å²) in [7, 11) is 0. The molecule has 17 heavy (non-hydrogen) atoms. The number of hydrogen-bond donors (Lipinski definition) is 1. The van der Waals surface area contributed by atoms with E-state index in [-0.39, 0.29) is 24.3 Å². The minimum atomic E-state index is -0.241. The second-order valence-corrected chi connectivity index (χ2v) is 4.54. The fourth-order valence-corrected chi connectivity index (χ4v) is 2.00. The second-order valence-electron chi connectivity index (χ2n) is 4.54. The maximum absolute atomic E-state index is 11.4. The van der Waals surface area contributed by atoms with Gasteiger partial charge >= 0.3 is 5.97 Å². The van der Waals surface area contributed by atoms with Gasteiger partial charge in [0.05, 0.1) is 13.0 Å². The molecule has 4 nitrogen and oxygen atoms in total. The summed E-state index contributed by atoms with van der Waals surface area (Å²) in [6, 6.07) is -0.104. The fourth-order valence-electron chi connectivity index (χ4n) is 2.00. The number of ether oxygens (including phenoxy) is 1. The van der Waals surface area contributed by atoms with Crippen molar-refractivity contribution in [1.29, 1.82) is 0 Å². The third kappa shape index (κ3) is 8.72. The highest BCUT2D eigenvalue weighted by molar-refractivity contribution is 5.75. The van der Waals surface area contributed by atoms with Crippen LogP contribution in [0.3, 0.4) is 0 Å². The standard InChI is InChI=1S/C13H25NO3/c1-5-7-10(3)8-12(14-11(4)15)9-13(16)17-6-2/h10,12H,5-9H2,1-4H3,(H,14,15)/t10-,12+/m1/s1. The van der Waals surface area contributed by atoms with Crippen molar-refractivity contribution in [3.63, 3.8) is 0 Å². The summed E-state index contributed by atoms with van der Waals surface area (Å²) in [5.41, 5.74) is 0. The van der Waals surface area contributed by atoms with Crippen molar-refractivity contribution in [2.45, 2.75) is 59.4 Å². The Bertz CT molecular complexity index is 241. The van der Waals surface area contributed by atoms with Crippen molar-refractivity contribution >= 4 is 11.9 Å². The summed E-state index contributed by atoms with van der Waals surface area (Å²) < 4.78 is 4.91. The van der Waals surface area contributed by atoms with Crippen LogP contribution in [0.2, 0.25) is 0 Å². The Labute approximate surface area is 104 Å². The van der Waals surface area contributed by atoms with Crippen LogP contribution < -0.4 is 5.32 Å². The smallest absolute Gasteiger partial charge is 0.307 e. The predicted octanol–water partition coefficient (Wildman–Crippen LogP) is 2.27. The Morgan fingerprint density at radius 1 is 1.29 bits per heavy atom. The summed E-state index contributed by atoms with van der Waals surface area (Å²) in [5.74, 6) is 0.171. The number of esters is 1. The molecular weight excluding hydrogens is 218 g/mol. The average molecular weight is 243 g/mol. The fraction of sp³-hybridized carbons (Fsp3) is 0.846. The largest absolute Gasteiger partial charge is 0.466 e. The number of hydrogen-bond acceptors (Lipinski definition) is 3. The Hall–Kier alpha value is -1.06. The van der Waals surface area contributed by atoms with E-state index in [1.54, 1.807) is 6.92 Å². The lowest BCUT2D eigenvalue weighted by molar-refractivity contribution is -0.143. The summed E-state index contributed by atoms with van der Waals surface area (Å²) in [6.45, 7) is 7.92. The van der Waals surface area contributed by atoms with Gasteiger partial charge in [-0.25, -0.2) is 0 Å². The normalized spacial score (nSPS) is 13.9. The molecule has 0 rings (SSSR count). The molecule has 1 N–H and O–H groups in total. The molecule has 0 aromatic heterocycles. The van der Waals surface area contributed by atoms with Gasteiger partial charge in [-0.15, -0.1) is 0 Å². The van der Waals surface area contributed by atoms with E-state index in [1.165, 1.54) is 6.92 Å². The Morgan fingerprint density at radius 3 is 2.41 bits per heavy atom. The molecular formula is C13H25NO3. The average Bonchev–Trinajstić information content (AvgIpc) is 2.16. The third-order valence-electron chi connectivity index (χ3n) is 2.59. The van der Waals surface area contributed by atoms with Crippen LogP contribution in [0.25, 0.3) is 0 Å². The lowest BCUT2D eigenvalue weighted by Crippen LogP contribution is -2.36. The highest BCUT2D eigenvalue weighted by Gasteiger charge is 2.18. The van der Waals surface area contributed by atoms with Crippen LogP contribution in [0.15, 0.2) is 0 Å². The molecule has 0 aliphatic carbocycles. The van der Waals surface area contributed by atoms with Crippen molar-refractivity contribution in [3.8, 4) is 0 Å². The van der Waals surface area contributed by atoms with Crippen LogP contribution in [0.5, 0.6) is 0 Å². The lowest BCUT2D eigenvalue weighted by Gasteiger charge is -2.20.